The van der Waals surface area contributed by atoms with Crippen LogP contribution in [0.2, 0.25) is 0 Å². The average molecular weight is 340 g/mol. The van der Waals surface area contributed by atoms with Gasteiger partial charge in [-0.25, -0.2) is 0 Å². The minimum atomic E-state index is -0.179. The Labute approximate surface area is 124 Å². The van der Waals surface area contributed by atoms with E-state index in [1.807, 2.05) is 24.3 Å². The van der Waals surface area contributed by atoms with Gasteiger partial charge in [-0.2, -0.15) is 4.80 Å². The summed E-state index contributed by atoms with van der Waals surface area (Å²) in [5.74, 6) is 0.309. The second kappa shape index (κ2) is 7.11. The van der Waals surface area contributed by atoms with Gasteiger partial charge in [0.15, 0.2) is 0 Å². The van der Waals surface area contributed by atoms with Crippen LogP contribution in [0.4, 0.5) is 0 Å². The first-order valence-corrected chi connectivity index (χ1v) is 6.77. The number of hydrogen-bond donors (Lipinski definition) is 1. The summed E-state index contributed by atoms with van der Waals surface area (Å²) < 4.78 is 5.82. The molecule has 2 aromatic rings. The number of methoxy groups -OCH3 is 1. The van der Waals surface area contributed by atoms with Gasteiger partial charge in [-0.05, 0) is 29.5 Å². The van der Waals surface area contributed by atoms with Crippen LogP contribution < -0.4 is 5.32 Å². The fourth-order valence-corrected chi connectivity index (χ4v) is 1.77. The average Bonchev–Trinajstić information content (AvgIpc) is 2.88. The zero-order valence-electron chi connectivity index (χ0n) is 10.9. The molecule has 1 aromatic heterocycles. The Morgan fingerprint density at radius 2 is 2.15 bits per heavy atom. The lowest BCUT2D eigenvalue weighted by Gasteiger charge is -2.02. The Morgan fingerprint density at radius 1 is 1.40 bits per heavy atom. The summed E-state index contributed by atoms with van der Waals surface area (Å²) in [6.07, 6.45) is 0. The summed E-state index contributed by atoms with van der Waals surface area (Å²) in [5.41, 5.74) is 0.847. The molecule has 0 spiro atoms. The molecule has 0 saturated carbocycles. The Kier molecular flexibility index (Phi) is 5.19. The molecule has 20 heavy (non-hydrogen) atoms. The molecule has 8 heteroatoms. The van der Waals surface area contributed by atoms with Crippen molar-refractivity contribution in [3.8, 4) is 11.4 Å². The Bertz CT molecular complexity index is 569. The molecule has 1 N–H and O–H groups in total. The highest BCUT2D eigenvalue weighted by atomic mass is 79.9. The number of amides is 1. The van der Waals surface area contributed by atoms with Crippen molar-refractivity contribution in [2.75, 3.05) is 20.3 Å². The molecule has 1 aromatic carbocycles. The van der Waals surface area contributed by atoms with E-state index in [0.29, 0.717) is 19.0 Å². The van der Waals surface area contributed by atoms with Gasteiger partial charge < -0.3 is 10.1 Å². The van der Waals surface area contributed by atoms with Crippen LogP contribution in [0.25, 0.3) is 11.4 Å². The molecule has 7 nitrogen and oxygen atoms in total. The minimum Gasteiger partial charge on any atom is -0.383 e. The molecule has 0 aliphatic heterocycles. The molecular weight excluding hydrogens is 326 g/mol. The molecule has 0 saturated heterocycles. The fourth-order valence-electron chi connectivity index (χ4n) is 1.50. The zero-order valence-corrected chi connectivity index (χ0v) is 12.5. The SMILES string of the molecule is COCCNC(=O)Cn1nnc(-c2ccc(Br)cc2)n1. The Hall–Kier alpha value is -1.80. The van der Waals surface area contributed by atoms with E-state index in [9.17, 15) is 4.79 Å². The number of ether oxygens (including phenoxy) is 1. The molecule has 106 valence electrons. The summed E-state index contributed by atoms with van der Waals surface area (Å²) in [7, 11) is 1.58. The molecule has 0 unspecified atom stereocenters. The first-order valence-electron chi connectivity index (χ1n) is 5.98. The van der Waals surface area contributed by atoms with Gasteiger partial charge >= 0.3 is 0 Å². The van der Waals surface area contributed by atoms with Crippen molar-refractivity contribution in [1.82, 2.24) is 25.5 Å². The Balaban J connectivity index is 1.95. The maximum absolute atomic E-state index is 11.6. The highest BCUT2D eigenvalue weighted by Crippen LogP contribution is 2.17. The molecular formula is C12H14BrN5O2. The van der Waals surface area contributed by atoms with Gasteiger partial charge in [0.25, 0.3) is 0 Å². The standard InChI is InChI=1S/C12H14BrN5O2/c1-20-7-6-14-11(19)8-18-16-12(15-17-18)9-2-4-10(13)5-3-9/h2-5H,6-8H2,1H3,(H,14,19). The number of carbonyl (C=O) groups excluding carboxylic acids is 1. The second-order valence-corrected chi connectivity index (χ2v) is 4.91. The van der Waals surface area contributed by atoms with Crippen LogP contribution in [0, 0.1) is 0 Å². The van der Waals surface area contributed by atoms with E-state index in [4.69, 9.17) is 4.74 Å². The molecule has 2 rings (SSSR count). The zero-order chi connectivity index (χ0) is 14.4. The van der Waals surface area contributed by atoms with Gasteiger partial charge in [0.05, 0.1) is 6.61 Å². The highest BCUT2D eigenvalue weighted by Gasteiger charge is 2.08. The van der Waals surface area contributed by atoms with Crippen molar-refractivity contribution in [3.05, 3.63) is 28.7 Å². The number of carbonyl (C=O) groups is 1. The first kappa shape index (κ1) is 14.6. The molecule has 0 radical (unpaired) electrons. The molecule has 0 bridgehead atoms. The molecule has 1 heterocycles. The lowest BCUT2D eigenvalue weighted by Crippen LogP contribution is -2.31. The maximum atomic E-state index is 11.6. The number of benzene rings is 1. The van der Waals surface area contributed by atoms with Crippen LogP contribution in [0.5, 0.6) is 0 Å². The quantitative estimate of drug-likeness (QED) is 0.789. The van der Waals surface area contributed by atoms with Crippen molar-refractivity contribution < 1.29 is 9.53 Å². The van der Waals surface area contributed by atoms with Crippen LogP contribution in [0.1, 0.15) is 0 Å². The number of nitrogens with one attached hydrogen (secondary N) is 1. The third-order valence-electron chi connectivity index (χ3n) is 2.47. The van der Waals surface area contributed by atoms with Crippen LogP contribution in [-0.4, -0.2) is 46.4 Å². The first-order chi connectivity index (χ1) is 9.69. The summed E-state index contributed by atoms with van der Waals surface area (Å²) in [6, 6.07) is 7.55. The van der Waals surface area contributed by atoms with E-state index < -0.39 is 0 Å². The number of nitrogens with zero attached hydrogens (tertiary/aromatic N) is 4. The number of tetrazole rings is 1. The van der Waals surface area contributed by atoms with Crippen molar-refractivity contribution in [1.29, 1.82) is 0 Å². The highest BCUT2D eigenvalue weighted by molar-refractivity contribution is 9.10. The maximum Gasteiger partial charge on any atom is 0.243 e. The lowest BCUT2D eigenvalue weighted by atomic mass is 10.2. The van der Waals surface area contributed by atoms with Crippen LogP contribution in [-0.2, 0) is 16.1 Å². The van der Waals surface area contributed by atoms with Crippen LogP contribution >= 0.6 is 15.9 Å². The second-order valence-electron chi connectivity index (χ2n) is 3.99. The minimum absolute atomic E-state index is 0.0350. The third-order valence-corrected chi connectivity index (χ3v) is 3.00. The molecule has 0 aliphatic rings. The van der Waals surface area contributed by atoms with Gasteiger partial charge in [0.1, 0.15) is 6.54 Å². The van der Waals surface area contributed by atoms with Crippen molar-refractivity contribution in [2.24, 2.45) is 0 Å². The monoisotopic (exact) mass is 339 g/mol. The lowest BCUT2D eigenvalue weighted by molar-refractivity contribution is -0.122. The fraction of sp³-hybridized carbons (Fsp3) is 0.333. The summed E-state index contributed by atoms with van der Waals surface area (Å²) in [6.45, 7) is 0.970. The van der Waals surface area contributed by atoms with Crippen molar-refractivity contribution >= 4 is 21.8 Å². The van der Waals surface area contributed by atoms with Crippen LogP contribution in [0.15, 0.2) is 28.7 Å². The van der Waals surface area contributed by atoms with E-state index >= 15 is 0 Å². The molecule has 1 amide bonds. The number of aromatic nitrogens is 4. The number of rotatable bonds is 6. The van der Waals surface area contributed by atoms with Crippen molar-refractivity contribution in [2.45, 2.75) is 6.54 Å². The van der Waals surface area contributed by atoms with Gasteiger partial charge in [0, 0.05) is 23.7 Å². The van der Waals surface area contributed by atoms with Crippen molar-refractivity contribution in [3.63, 3.8) is 0 Å². The van der Waals surface area contributed by atoms with E-state index in [1.54, 1.807) is 7.11 Å². The van der Waals surface area contributed by atoms with Gasteiger partial charge in [0.2, 0.25) is 11.7 Å². The smallest absolute Gasteiger partial charge is 0.243 e. The van der Waals surface area contributed by atoms with E-state index in [1.165, 1.54) is 4.80 Å². The Morgan fingerprint density at radius 3 is 2.85 bits per heavy atom. The normalized spacial score (nSPS) is 10.5. The number of halogens is 1. The topological polar surface area (TPSA) is 81.9 Å². The van der Waals surface area contributed by atoms with Gasteiger partial charge in [-0.15, -0.1) is 10.2 Å². The predicted molar refractivity (Wildman–Crippen MR) is 75.8 cm³/mol. The summed E-state index contributed by atoms with van der Waals surface area (Å²) in [5, 5.41) is 14.6. The third kappa shape index (κ3) is 4.10. The predicted octanol–water partition coefficient (Wildman–Crippen LogP) is 0.865. The van der Waals surface area contributed by atoms with Crippen LogP contribution in [0.3, 0.4) is 0 Å². The van der Waals surface area contributed by atoms with E-state index in [2.05, 4.69) is 36.7 Å². The largest absolute Gasteiger partial charge is 0.383 e. The molecule has 0 aliphatic carbocycles. The molecule has 0 atom stereocenters. The van der Waals surface area contributed by atoms with Gasteiger partial charge in [-0.3, -0.25) is 4.79 Å². The van der Waals surface area contributed by atoms with E-state index in [-0.39, 0.29) is 12.5 Å². The number of hydrogen-bond acceptors (Lipinski definition) is 5. The van der Waals surface area contributed by atoms with E-state index in [0.717, 1.165) is 10.0 Å². The summed E-state index contributed by atoms with van der Waals surface area (Å²) in [4.78, 5) is 12.8. The van der Waals surface area contributed by atoms with Gasteiger partial charge in [-0.1, -0.05) is 15.9 Å². The molecule has 0 fully saturated rings. The summed E-state index contributed by atoms with van der Waals surface area (Å²) >= 11 is 3.36.